The molecule has 2 aliphatic carbocycles. The number of unbranched alkanes of at least 4 members (excludes halogenated alkanes) is 1. The van der Waals surface area contributed by atoms with Crippen LogP contribution in [0.1, 0.15) is 51.7 Å². The van der Waals surface area contributed by atoms with Gasteiger partial charge in [0, 0.05) is 29.7 Å². The molecule has 0 saturated carbocycles. The zero-order valence-electron chi connectivity index (χ0n) is 22.9. The monoisotopic (exact) mass is 484 g/mol. The molecule has 2 aliphatic rings. The van der Waals surface area contributed by atoms with Gasteiger partial charge in [0.05, 0.1) is 0 Å². The number of aryl methyl sites for hydroxylation is 1. The number of fused-ring (bicyclic) bond motifs is 1. The van der Waals surface area contributed by atoms with Crippen molar-refractivity contribution in [3.05, 3.63) is 114 Å². The Balaban J connectivity index is 1.88. The average Bonchev–Trinajstić information content (AvgIpc) is 3.19. The summed E-state index contributed by atoms with van der Waals surface area (Å²) in [7, 11) is 0. The van der Waals surface area contributed by atoms with Crippen LogP contribution in [-0.4, -0.2) is 0 Å². The van der Waals surface area contributed by atoms with Gasteiger partial charge in [0.1, 0.15) is 6.54 Å². The van der Waals surface area contributed by atoms with Gasteiger partial charge in [-0.1, -0.05) is 100 Å². The number of pyridine rings is 1. The van der Waals surface area contributed by atoms with Crippen LogP contribution < -0.4 is 4.57 Å². The van der Waals surface area contributed by atoms with Crippen molar-refractivity contribution in [2.24, 2.45) is 0 Å². The number of benzene rings is 2. The minimum absolute atomic E-state index is 0.0236. The summed E-state index contributed by atoms with van der Waals surface area (Å²) in [5.74, 6) is 0. The molecular weight excluding hydrogens is 446 g/mol. The maximum Gasteiger partial charge on any atom is 0.213 e. The maximum atomic E-state index is 2.53. The van der Waals surface area contributed by atoms with Crippen LogP contribution in [0, 0.1) is 6.92 Å². The molecule has 1 aromatic heterocycles. The third-order valence-corrected chi connectivity index (χ3v) is 7.33. The third kappa shape index (κ3) is 5.09. The first-order valence-corrected chi connectivity index (χ1v) is 13.6. The van der Waals surface area contributed by atoms with Crippen molar-refractivity contribution in [3.63, 3.8) is 0 Å². The fourth-order valence-electron chi connectivity index (χ4n) is 5.33. The summed E-state index contributed by atoms with van der Waals surface area (Å²) >= 11 is 0. The number of hydrogen-bond donors (Lipinski definition) is 0. The van der Waals surface area contributed by atoms with Gasteiger partial charge in [0.25, 0.3) is 0 Å². The van der Waals surface area contributed by atoms with Crippen LogP contribution in [0.2, 0.25) is 0 Å². The third-order valence-electron chi connectivity index (χ3n) is 7.33. The molecule has 37 heavy (non-hydrogen) atoms. The molecular formula is C36H38N+. The lowest BCUT2D eigenvalue weighted by Crippen LogP contribution is -2.39. The highest BCUT2D eigenvalue weighted by molar-refractivity contribution is 5.92. The van der Waals surface area contributed by atoms with Gasteiger partial charge in [-0.25, -0.2) is 0 Å². The van der Waals surface area contributed by atoms with Crippen LogP contribution in [0.15, 0.2) is 103 Å². The predicted molar refractivity (Wildman–Crippen MR) is 158 cm³/mol. The van der Waals surface area contributed by atoms with E-state index in [-0.39, 0.29) is 5.41 Å². The summed E-state index contributed by atoms with van der Waals surface area (Å²) in [5.41, 5.74) is 13.0. The van der Waals surface area contributed by atoms with Gasteiger partial charge >= 0.3 is 0 Å². The van der Waals surface area contributed by atoms with Gasteiger partial charge in [-0.2, -0.15) is 4.57 Å². The molecule has 186 valence electrons. The highest BCUT2D eigenvalue weighted by Crippen LogP contribution is 2.45. The van der Waals surface area contributed by atoms with Crippen LogP contribution in [0.3, 0.4) is 0 Å². The Labute approximate surface area is 222 Å². The molecule has 1 nitrogen and oxygen atoms in total. The summed E-state index contributed by atoms with van der Waals surface area (Å²) in [6.45, 7) is 12.4. The van der Waals surface area contributed by atoms with E-state index >= 15 is 0 Å². The molecule has 1 heteroatoms. The van der Waals surface area contributed by atoms with Crippen LogP contribution in [0.25, 0.3) is 44.8 Å². The molecule has 0 N–H and O–H groups in total. The van der Waals surface area contributed by atoms with E-state index in [4.69, 9.17) is 0 Å². The van der Waals surface area contributed by atoms with Gasteiger partial charge in [0.15, 0.2) is 0 Å². The second-order valence-electron chi connectivity index (χ2n) is 11.2. The molecule has 5 rings (SSSR count). The van der Waals surface area contributed by atoms with Crippen LogP contribution >= 0.6 is 0 Å². The number of aromatic nitrogens is 1. The summed E-state index contributed by atoms with van der Waals surface area (Å²) < 4.78 is 2.53. The quantitative estimate of drug-likeness (QED) is 0.211. The van der Waals surface area contributed by atoms with E-state index in [9.17, 15) is 0 Å². The molecule has 0 atom stereocenters. The first kappa shape index (κ1) is 25.0. The van der Waals surface area contributed by atoms with Crippen LogP contribution in [0.5, 0.6) is 0 Å². The van der Waals surface area contributed by atoms with Gasteiger partial charge in [-0.3, -0.25) is 0 Å². The van der Waals surface area contributed by atoms with Gasteiger partial charge in [-0.05, 0) is 70.5 Å². The van der Waals surface area contributed by atoms with Gasteiger partial charge in [-0.15, -0.1) is 0 Å². The molecule has 0 saturated heterocycles. The van der Waals surface area contributed by atoms with E-state index in [2.05, 4.69) is 142 Å². The molecule has 1 heterocycles. The fraction of sp³-hybridized carbons (Fsp3) is 0.250. The smallest absolute Gasteiger partial charge is 0.191 e. The second-order valence-corrected chi connectivity index (χ2v) is 11.2. The topological polar surface area (TPSA) is 3.88 Å². The Morgan fingerprint density at radius 1 is 0.622 bits per heavy atom. The van der Waals surface area contributed by atoms with E-state index in [0.717, 1.165) is 19.4 Å². The van der Waals surface area contributed by atoms with E-state index in [1.54, 1.807) is 0 Å². The van der Waals surface area contributed by atoms with Crippen molar-refractivity contribution in [2.75, 3.05) is 0 Å². The second kappa shape index (κ2) is 10.3. The maximum absolute atomic E-state index is 2.53. The molecule has 3 aromatic rings. The Bertz CT molecular complexity index is 1410. The van der Waals surface area contributed by atoms with E-state index < -0.39 is 0 Å². The molecule has 2 aromatic carbocycles. The largest absolute Gasteiger partial charge is 0.213 e. The minimum atomic E-state index is 0.0236. The highest BCUT2D eigenvalue weighted by Gasteiger charge is 2.29. The fourth-order valence-corrected chi connectivity index (χ4v) is 5.33. The van der Waals surface area contributed by atoms with E-state index in [1.165, 1.54) is 55.9 Å². The zero-order chi connectivity index (χ0) is 26.0. The lowest BCUT2D eigenvalue weighted by Gasteiger charge is -2.21. The Kier molecular flexibility index (Phi) is 6.98. The lowest BCUT2D eigenvalue weighted by atomic mass is 9.83. The molecule has 0 spiro atoms. The van der Waals surface area contributed by atoms with E-state index in [0.29, 0.717) is 0 Å². The summed E-state index contributed by atoms with van der Waals surface area (Å²) in [6.07, 6.45) is 2.31. The Morgan fingerprint density at radius 3 is 1.73 bits per heavy atom. The van der Waals surface area contributed by atoms with Crippen LogP contribution in [0.4, 0.5) is 0 Å². The van der Waals surface area contributed by atoms with Gasteiger partial charge in [0.2, 0.25) is 11.4 Å². The van der Waals surface area contributed by atoms with Crippen molar-refractivity contribution in [3.8, 4) is 44.8 Å². The molecule has 0 radical (unpaired) electrons. The Morgan fingerprint density at radius 2 is 1.19 bits per heavy atom. The average molecular weight is 485 g/mol. The minimum Gasteiger partial charge on any atom is -0.191 e. The number of nitrogens with zero attached hydrogens (tertiary/aromatic N) is 1. The first-order chi connectivity index (χ1) is 17.9. The lowest BCUT2D eigenvalue weighted by molar-refractivity contribution is -0.675. The normalized spacial score (nSPS) is 11.7. The van der Waals surface area contributed by atoms with Crippen molar-refractivity contribution >= 4 is 0 Å². The summed E-state index contributed by atoms with van der Waals surface area (Å²) in [5, 5.41) is 0. The van der Waals surface area contributed by atoms with Crippen molar-refractivity contribution in [1.82, 2.24) is 0 Å². The van der Waals surface area contributed by atoms with Crippen LogP contribution in [-0.2, 0) is 12.0 Å². The highest BCUT2D eigenvalue weighted by atomic mass is 15.0. The standard InChI is InChI=1S/C36H38N/c1-6-7-22-37-33(27-14-10-8-11-15-27)24-30(25-34(37)28-16-12-9-13-17-28)35-31-21-19-26(2)18-20-29(31)23-32(35)36(3,4)5/h8-21,23-25H,6-7,22H2,1-5H3/q+1. The zero-order valence-corrected chi connectivity index (χ0v) is 22.9. The predicted octanol–water partition coefficient (Wildman–Crippen LogP) is 9.49. The number of hydrogen-bond acceptors (Lipinski definition) is 0. The van der Waals surface area contributed by atoms with Gasteiger partial charge < -0.3 is 0 Å². The summed E-state index contributed by atoms with van der Waals surface area (Å²) in [4.78, 5) is 0. The van der Waals surface area contributed by atoms with Crippen molar-refractivity contribution < 1.29 is 4.57 Å². The molecule has 0 unspecified atom stereocenters. The first-order valence-electron chi connectivity index (χ1n) is 13.6. The number of rotatable bonds is 6. The molecule has 0 fully saturated rings. The summed E-state index contributed by atoms with van der Waals surface area (Å²) in [6, 6.07) is 38.1. The Hall–Kier alpha value is -3.71. The van der Waals surface area contributed by atoms with Crippen molar-refractivity contribution in [2.45, 2.75) is 59.4 Å². The molecule has 0 amide bonds. The molecule has 0 aliphatic heterocycles. The van der Waals surface area contributed by atoms with Crippen molar-refractivity contribution in [1.29, 1.82) is 0 Å². The molecule has 0 bridgehead atoms. The van der Waals surface area contributed by atoms with E-state index in [1.807, 2.05) is 0 Å². The SMILES string of the molecule is CCCC[n+]1c(-c2ccccc2)cc(-c2c3ccc(C)ccc-3cc2C(C)(C)C)cc1-c1ccccc1.